The number of anilines is 1. The molecular weight excluding hydrogens is 390 g/mol. The van der Waals surface area contributed by atoms with Crippen LogP contribution in [0.15, 0.2) is 58.0 Å². The smallest absolute Gasteiger partial charge is 0.278 e. The minimum atomic E-state index is -0.00815. The number of rotatable bonds is 3. The molecule has 0 saturated carbocycles. The fraction of sp³-hybridized carbons (Fsp3) is 0.333. The zero-order valence-corrected chi connectivity index (χ0v) is 16.3. The first-order valence-electron chi connectivity index (χ1n) is 9.20. The van der Waals surface area contributed by atoms with Gasteiger partial charge in [0.15, 0.2) is 0 Å². The Hall–Kier alpha value is -1.98. The topological polar surface area (TPSA) is 35.9 Å². The van der Waals surface area contributed by atoms with Gasteiger partial charge in [-0.05, 0) is 56.3 Å². The van der Waals surface area contributed by atoms with E-state index in [1.165, 1.54) is 25.7 Å². The van der Waals surface area contributed by atoms with Gasteiger partial charge >= 0.3 is 0 Å². The first kappa shape index (κ1) is 17.4. The molecule has 2 aliphatic heterocycles. The molecule has 0 unspecified atom stereocenters. The highest BCUT2D eigenvalue weighted by atomic mass is 79.9. The lowest BCUT2D eigenvalue weighted by molar-refractivity contribution is -0.112. The molecule has 4 nitrogen and oxygen atoms in total. The monoisotopic (exact) mass is 411 g/mol. The molecule has 0 bridgehead atoms. The molecule has 0 N–H and O–H groups in total. The van der Waals surface area contributed by atoms with Crippen LogP contribution in [0.5, 0.6) is 0 Å². The number of carbonyl (C=O) groups excluding carboxylic acids is 1. The summed E-state index contributed by atoms with van der Waals surface area (Å²) < 4.78 is 0.960. The average Bonchev–Trinajstić information content (AvgIpc) is 2.84. The van der Waals surface area contributed by atoms with Gasteiger partial charge in [0, 0.05) is 10.0 Å². The number of likely N-dealkylation sites (tertiary alicyclic amines) is 1. The van der Waals surface area contributed by atoms with Gasteiger partial charge < -0.3 is 0 Å². The number of hydrogen-bond acceptors (Lipinski definition) is 3. The lowest BCUT2D eigenvalue weighted by atomic mass is 10.1. The highest BCUT2D eigenvalue weighted by Gasteiger charge is 2.35. The maximum atomic E-state index is 13.2. The Bertz CT molecular complexity index is 826. The van der Waals surface area contributed by atoms with Crippen LogP contribution in [0.3, 0.4) is 0 Å². The van der Waals surface area contributed by atoms with E-state index in [0.29, 0.717) is 12.4 Å². The minimum absolute atomic E-state index is 0.00815. The van der Waals surface area contributed by atoms with Crippen molar-refractivity contribution in [2.75, 3.05) is 24.7 Å². The van der Waals surface area contributed by atoms with Crippen molar-refractivity contribution < 1.29 is 4.79 Å². The average molecular weight is 412 g/mol. The molecule has 1 fully saturated rings. The lowest BCUT2D eigenvalue weighted by Crippen LogP contribution is -2.41. The third kappa shape index (κ3) is 3.60. The van der Waals surface area contributed by atoms with Gasteiger partial charge in [-0.2, -0.15) is 0 Å². The van der Waals surface area contributed by atoms with Crippen molar-refractivity contribution in [2.24, 2.45) is 4.99 Å². The highest BCUT2D eigenvalue weighted by Crippen LogP contribution is 2.33. The fourth-order valence-corrected chi connectivity index (χ4v) is 4.00. The maximum Gasteiger partial charge on any atom is 0.278 e. The SMILES string of the molecule is O=C1C(=Nc2ccccc2)c2cc(Br)ccc2N1CN1CCCCCC1. The molecule has 0 aromatic heterocycles. The van der Waals surface area contributed by atoms with E-state index >= 15 is 0 Å². The van der Waals surface area contributed by atoms with Gasteiger partial charge in [0.05, 0.1) is 18.0 Å². The number of carbonyl (C=O) groups is 1. The van der Waals surface area contributed by atoms with E-state index in [0.717, 1.165) is 34.5 Å². The molecule has 2 aromatic carbocycles. The Labute approximate surface area is 162 Å². The summed E-state index contributed by atoms with van der Waals surface area (Å²) in [5, 5.41) is 0. The van der Waals surface area contributed by atoms with Crippen LogP contribution in [-0.2, 0) is 4.79 Å². The standard InChI is InChI=1S/C21H22BrN3O/c22-16-10-11-19-18(14-16)20(23-17-8-4-3-5-9-17)21(26)25(19)15-24-12-6-1-2-7-13-24/h3-5,8-11,14H,1-2,6-7,12-13,15H2. The summed E-state index contributed by atoms with van der Waals surface area (Å²) in [5.41, 5.74) is 3.20. The Morgan fingerprint density at radius 2 is 1.69 bits per heavy atom. The maximum absolute atomic E-state index is 13.2. The van der Waals surface area contributed by atoms with Crippen molar-refractivity contribution in [2.45, 2.75) is 25.7 Å². The number of benzene rings is 2. The molecule has 0 atom stereocenters. The van der Waals surface area contributed by atoms with Crippen LogP contribution in [0, 0.1) is 0 Å². The second kappa shape index (κ2) is 7.72. The van der Waals surface area contributed by atoms with Crippen LogP contribution in [0.25, 0.3) is 0 Å². The molecule has 134 valence electrons. The van der Waals surface area contributed by atoms with Crippen LogP contribution in [0.1, 0.15) is 31.2 Å². The van der Waals surface area contributed by atoms with Crippen LogP contribution in [0.4, 0.5) is 11.4 Å². The van der Waals surface area contributed by atoms with Crippen molar-refractivity contribution >= 4 is 38.9 Å². The number of para-hydroxylation sites is 1. The van der Waals surface area contributed by atoms with Gasteiger partial charge in [-0.3, -0.25) is 14.6 Å². The molecule has 2 aromatic rings. The quantitative estimate of drug-likeness (QED) is 0.730. The van der Waals surface area contributed by atoms with Crippen molar-refractivity contribution in [3.8, 4) is 0 Å². The summed E-state index contributed by atoms with van der Waals surface area (Å²) in [4.78, 5) is 22.1. The number of nitrogens with zero attached hydrogens (tertiary/aromatic N) is 3. The zero-order chi connectivity index (χ0) is 17.9. The predicted molar refractivity (Wildman–Crippen MR) is 109 cm³/mol. The van der Waals surface area contributed by atoms with Crippen molar-refractivity contribution in [1.82, 2.24) is 4.90 Å². The molecule has 2 heterocycles. The third-order valence-electron chi connectivity index (χ3n) is 4.99. The number of halogens is 1. The summed E-state index contributed by atoms with van der Waals surface area (Å²) in [7, 11) is 0. The molecule has 4 rings (SSSR count). The summed E-state index contributed by atoms with van der Waals surface area (Å²) >= 11 is 3.53. The van der Waals surface area contributed by atoms with Crippen molar-refractivity contribution in [1.29, 1.82) is 0 Å². The lowest BCUT2D eigenvalue weighted by Gasteiger charge is -2.26. The predicted octanol–water partition coefficient (Wildman–Crippen LogP) is 4.75. The highest BCUT2D eigenvalue weighted by molar-refractivity contribution is 9.10. The van der Waals surface area contributed by atoms with Gasteiger partial charge in [-0.1, -0.05) is 47.0 Å². The van der Waals surface area contributed by atoms with E-state index in [-0.39, 0.29) is 5.91 Å². The Morgan fingerprint density at radius 3 is 2.42 bits per heavy atom. The van der Waals surface area contributed by atoms with Gasteiger partial charge in [0.25, 0.3) is 5.91 Å². The Morgan fingerprint density at radius 1 is 0.962 bits per heavy atom. The summed E-state index contributed by atoms with van der Waals surface area (Å²) in [5.74, 6) is -0.00815. The zero-order valence-electron chi connectivity index (χ0n) is 14.7. The van der Waals surface area contributed by atoms with E-state index in [9.17, 15) is 4.79 Å². The second-order valence-electron chi connectivity index (χ2n) is 6.86. The molecule has 0 spiro atoms. The minimum Gasteiger partial charge on any atom is -0.293 e. The van der Waals surface area contributed by atoms with Gasteiger partial charge in [0.2, 0.25) is 0 Å². The van der Waals surface area contributed by atoms with E-state index in [2.05, 4.69) is 25.8 Å². The normalized spacial score (nSPS) is 19.7. The Kier molecular flexibility index (Phi) is 5.18. The molecule has 26 heavy (non-hydrogen) atoms. The number of hydrogen-bond donors (Lipinski definition) is 0. The summed E-state index contributed by atoms with van der Waals surface area (Å²) in [6.07, 6.45) is 4.99. The first-order valence-corrected chi connectivity index (χ1v) is 9.99. The third-order valence-corrected chi connectivity index (χ3v) is 5.48. The van der Waals surface area contributed by atoms with Gasteiger partial charge in [0.1, 0.15) is 5.71 Å². The number of amides is 1. The molecule has 1 saturated heterocycles. The molecule has 0 aliphatic carbocycles. The molecule has 0 radical (unpaired) electrons. The van der Waals surface area contributed by atoms with E-state index in [1.54, 1.807) is 0 Å². The van der Waals surface area contributed by atoms with E-state index in [1.807, 2.05) is 53.4 Å². The number of aliphatic imine (C=N–C) groups is 1. The van der Waals surface area contributed by atoms with E-state index < -0.39 is 0 Å². The number of fused-ring (bicyclic) bond motifs is 1. The second-order valence-corrected chi connectivity index (χ2v) is 7.78. The summed E-state index contributed by atoms with van der Waals surface area (Å²) in [6.45, 7) is 2.75. The molecular formula is C21H22BrN3O. The van der Waals surface area contributed by atoms with Crippen molar-refractivity contribution in [3.63, 3.8) is 0 Å². The van der Waals surface area contributed by atoms with Crippen molar-refractivity contribution in [3.05, 3.63) is 58.6 Å². The first-order chi connectivity index (χ1) is 12.7. The summed E-state index contributed by atoms with van der Waals surface area (Å²) in [6, 6.07) is 15.7. The molecule has 2 aliphatic rings. The van der Waals surface area contributed by atoms with Crippen LogP contribution in [-0.4, -0.2) is 36.3 Å². The van der Waals surface area contributed by atoms with Crippen LogP contribution >= 0.6 is 15.9 Å². The fourth-order valence-electron chi connectivity index (χ4n) is 3.64. The van der Waals surface area contributed by atoms with E-state index in [4.69, 9.17) is 0 Å². The Balaban J connectivity index is 1.68. The van der Waals surface area contributed by atoms with Crippen LogP contribution in [0.2, 0.25) is 0 Å². The van der Waals surface area contributed by atoms with Gasteiger partial charge in [-0.15, -0.1) is 0 Å². The van der Waals surface area contributed by atoms with Crippen LogP contribution < -0.4 is 4.90 Å². The largest absolute Gasteiger partial charge is 0.293 e. The van der Waals surface area contributed by atoms with Gasteiger partial charge in [-0.25, -0.2) is 4.99 Å². The molecule has 5 heteroatoms. The molecule has 1 amide bonds.